The molecule has 0 unspecified atom stereocenters. The lowest BCUT2D eigenvalue weighted by atomic mass is 10.2. The van der Waals surface area contributed by atoms with Crippen molar-refractivity contribution in [3.8, 4) is 0 Å². The summed E-state index contributed by atoms with van der Waals surface area (Å²) in [5.74, 6) is -0.268. The van der Waals surface area contributed by atoms with Crippen LogP contribution in [-0.2, 0) is 9.59 Å². The maximum absolute atomic E-state index is 11.3. The van der Waals surface area contributed by atoms with E-state index in [1.165, 1.54) is 0 Å². The van der Waals surface area contributed by atoms with E-state index in [0.717, 1.165) is 25.7 Å². The second-order valence-corrected chi connectivity index (χ2v) is 4.17. The van der Waals surface area contributed by atoms with E-state index in [9.17, 15) is 9.59 Å². The average Bonchev–Trinajstić information content (AvgIpc) is 2.27. The van der Waals surface area contributed by atoms with Crippen LogP contribution in [0.1, 0.15) is 52.4 Å². The summed E-state index contributed by atoms with van der Waals surface area (Å²) in [5.41, 5.74) is 4.90. The lowest BCUT2D eigenvalue weighted by Crippen LogP contribution is -2.48. The topological polar surface area (TPSA) is 70.2 Å². The van der Waals surface area contributed by atoms with Gasteiger partial charge in [0, 0.05) is 12.8 Å². The quantitative estimate of drug-likeness (QED) is 0.383. The summed E-state index contributed by atoms with van der Waals surface area (Å²) in [6, 6.07) is 0. The van der Waals surface area contributed by atoms with E-state index in [-0.39, 0.29) is 16.9 Å². The Morgan fingerprint density at radius 1 is 0.941 bits per heavy atom. The molecule has 0 aliphatic rings. The first kappa shape index (κ1) is 15.8. The second-order valence-electron chi connectivity index (χ2n) is 3.76. The van der Waals surface area contributed by atoms with Gasteiger partial charge in [-0.05, 0) is 25.1 Å². The van der Waals surface area contributed by atoms with Gasteiger partial charge in [0.2, 0.25) is 11.8 Å². The minimum absolute atomic E-state index is 0.124. The number of carbonyl (C=O) groups excluding carboxylic acids is 2. The Morgan fingerprint density at radius 3 is 2.24 bits per heavy atom. The highest BCUT2D eigenvalue weighted by molar-refractivity contribution is 7.80. The normalized spacial score (nSPS) is 9.53. The molecule has 0 spiro atoms. The molecule has 0 radical (unpaired) electrons. The van der Waals surface area contributed by atoms with Crippen molar-refractivity contribution in [2.45, 2.75) is 52.4 Å². The Hall–Kier alpha value is -1.17. The highest BCUT2D eigenvalue weighted by Crippen LogP contribution is 1.97. The first-order valence-electron chi connectivity index (χ1n) is 5.98. The predicted molar refractivity (Wildman–Crippen MR) is 71.1 cm³/mol. The zero-order valence-corrected chi connectivity index (χ0v) is 11.3. The number of carbonyl (C=O) groups is 2. The maximum atomic E-state index is 11.3. The number of rotatable bonds is 6. The van der Waals surface area contributed by atoms with E-state index < -0.39 is 0 Å². The lowest BCUT2D eigenvalue weighted by Gasteiger charge is -2.10. The fraction of sp³-hybridized carbons (Fsp3) is 0.727. The van der Waals surface area contributed by atoms with Crippen LogP contribution in [0.3, 0.4) is 0 Å². The minimum atomic E-state index is -0.143. The Labute approximate surface area is 108 Å². The van der Waals surface area contributed by atoms with Crippen molar-refractivity contribution in [2.24, 2.45) is 0 Å². The van der Waals surface area contributed by atoms with Gasteiger partial charge in [-0.15, -0.1) is 0 Å². The summed E-state index contributed by atoms with van der Waals surface area (Å²) in [7, 11) is 0. The van der Waals surface area contributed by atoms with Crippen LogP contribution in [-0.4, -0.2) is 16.9 Å². The van der Waals surface area contributed by atoms with Crippen molar-refractivity contribution in [1.29, 1.82) is 0 Å². The maximum Gasteiger partial charge on any atom is 0.238 e. The van der Waals surface area contributed by atoms with E-state index in [2.05, 4.69) is 23.1 Å². The molecule has 0 saturated heterocycles. The van der Waals surface area contributed by atoms with Gasteiger partial charge in [-0.3, -0.25) is 20.4 Å². The Morgan fingerprint density at radius 2 is 1.65 bits per heavy atom. The number of amides is 2. The molecule has 0 rings (SSSR count). The molecule has 0 aliphatic heterocycles. The van der Waals surface area contributed by atoms with Crippen LogP contribution >= 0.6 is 12.2 Å². The molecule has 0 atom stereocenters. The Kier molecular flexibility index (Phi) is 9.33. The molecular formula is C11H21N3O2S. The molecule has 3 N–H and O–H groups in total. The number of hydrogen-bond donors (Lipinski definition) is 3. The third-order valence-corrected chi connectivity index (χ3v) is 2.26. The highest BCUT2D eigenvalue weighted by Gasteiger charge is 2.04. The van der Waals surface area contributed by atoms with Gasteiger partial charge in [0.05, 0.1) is 0 Å². The standard InChI is InChI=1S/C11H21N3O2S/c1-3-5-6-8-9(15)12-11(17)14-13-10(16)7-4-2/h3-8H2,1-2H3,(H,13,16)(H2,12,14,15,17). The van der Waals surface area contributed by atoms with Crippen molar-refractivity contribution in [3.05, 3.63) is 0 Å². The number of hydrazine groups is 1. The summed E-state index contributed by atoms with van der Waals surface area (Å²) < 4.78 is 0. The molecule has 6 heteroatoms. The van der Waals surface area contributed by atoms with Gasteiger partial charge in [-0.2, -0.15) is 0 Å². The van der Waals surface area contributed by atoms with Crippen molar-refractivity contribution >= 4 is 29.1 Å². The molecule has 17 heavy (non-hydrogen) atoms. The van der Waals surface area contributed by atoms with Gasteiger partial charge in [-0.1, -0.05) is 26.7 Å². The molecule has 2 amide bonds. The van der Waals surface area contributed by atoms with Gasteiger partial charge in [0.15, 0.2) is 5.11 Å². The van der Waals surface area contributed by atoms with Crippen LogP contribution in [0.25, 0.3) is 0 Å². The van der Waals surface area contributed by atoms with Crippen LogP contribution in [0.15, 0.2) is 0 Å². The molecule has 0 bridgehead atoms. The first-order valence-corrected chi connectivity index (χ1v) is 6.39. The molecule has 0 aromatic rings. The fourth-order valence-corrected chi connectivity index (χ4v) is 1.34. The van der Waals surface area contributed by atoms with Crippen molar-refractivity contribution < 1.29 is 9.59 Å². The van der Waals surface area contributed by atoms with Gasteiger partial charge < -0.3 is 5.32 Å². The predicted octanol–water partition coefficient (Wildman–Crippen LogP) is 1.39. The largest absolute Gasteiger partial charge is 0.302 e. The van der Waals surface area contributed by atoms with E-state index in [1.807, 2.05) is 6.92 Å². The number of thiocarbonyl (C=S) groups is 1. The molecule has 0 aromatic carbocycles. The van der Waals surface area contributed by atoms with E-state index >= 15 is 0 Å². The Bertz CT molecular complexity index is 269. The van der Waals surface area contributed by atoms with Gasteiger partial charge in [-0.25, -0.2) is 0 Å². The summed E-state index contributed by atoms with van der Waals surface area (Å²) in [6.45, 7) is 3.99. The SMILES string of the molecule is CCCCCC(=O)NC(=S)NNC(=O)CCC. The summed E-state index contributed by atoms with van der Waals surface area (Å²) in [4.78, 5) is 22.4. The minimum Gasteiger partial charge on any atom is -0.302 e. The number of unbranched alkanes of at least 4 members (excludes halogenated alkanes) is 2. The number of hydrogen-bond acceptors (Lipinski definition) is 3. The third-order valence-electron chi connectivity index (χ3n) is 2.05. The van der Waals surface area contributed by atoms with Gasteiger partial charge in [0.25, 0.3) is 0 Å². The first-order chi connectivity index (χ1) is 8.10. The molecular weight excluding hydrogens is 238 g/mol. The van der Waals surface area contributed by atoms with Gasteiger partial charge >= 0.3 is 0 Å². The summed E-state index contributed by atoms with van der Waals surface area (Å²) in [6.07, 6.45) is 4.61. The molecule has 0 heterocycles. The molecule has 0 fully saturated rings. The molecule has 0 saturated carbocycles. The average molecular weight is 259 g/mol. The second kappa shape index (κ2) is 10.0. The number of nitrogens with one attached hydrogen (secondary N) is 3. The molecule has 0 aromatic heterocycles. The molecule has 98 valence electrons. The lowest BCUT2D eigenvalue weighted by molar-refractivity contribution is -0.122. The summed E-state index contributed by atoms with van der Waals surface area (Å²) in [5, 5.41) is 2.64. The smallest absolute Gasteiger partial charge is 0.238 e. The third kappa shape index (κ3) is 9.74. The van der Waals surface area contributed by atoms with Crippen LogP contribution in [0.4, 0.5) is 0 Å². The molecule has 0 aliphatic carbocycles. The zero-order chi connectivity index (χ0) is 13.1. The van der Waals surface area contributed by atoms with Crippen LogP contribution in [0.5, 0.6) is 0 Å². The fourth-order valence-electron chi connectivity index (χ4n) is 1.17. The van der Waals surface area contributed by atoms with Crippen LogP contribution in [0.2, 0.25) is 0 Å². The van der Waals surface area contributed by atoms with E-state index in [1.54, 1.807) is 0 Å². The van der Waals surface area contributed by atoms with Crippen molar-refractivity contribution in [1.82, 2.24) is 16.2 Å². The van der Waals surface area contributed by atoms with Crippen molar-refractivity contribution in [3.63, 3.8) is 0 Å². The summed E-state index contributed by atoms with van der Waals surface area (Å²) >= 11 is 4.85. The van der Waals surface area contributed by atoms with E-state index in [4.69, 9.17) is 12.2 Å². The van der Waals surface area contributed by atoms with E-state index in [0.29, 0.717) is 12.8 Å². The highest BCUT2D eigenvalue weighted by atomic mass is 32.1. The van der Waals surface area contributed by atoms with Crippen molar-refractivity contribution in [2.75, 3.05) is 0 Å². The zero-order valence-electron chi connectivity index (χ0n) is 10.5. The van der Waals surface area contributed by atoms with Crippen LogP contribution in [0, 0.1) is 0 Å². The Balaban J connectivity index is 3.64. The molecule has 5 nitrogen and oxygen atoms in total. The van der Waals surface area contributed by atoms with Gasteiger partial charge in [0.1, 0.15) is 0 Å². The van der Waals surface area contributed by atoms with Crippen LogP contribution < -0.4 is 16.2 Å². The monoisotopic (exact) mass is 259 g/mol.